The van der Waals surface area contributed by atoms with Gasteiger partial charge in [-0.2, -0.15) is 0 Å². The zero-order valence-corrected chi connectivity index (χ0v) is 11.9. The van der Waals surface area contributed by atoms with Crippen LogP contribution < -0.4 is 5.32 Å². The van der Waals surface area contributed by atoms with Crippen LogP contribution in [-0.2, 0) is 5.41 Å². The van der Waals surface area contributed by atoms with E-state index in [-0.39, 0.29) is 5.41 Å². The number of hydrogen-bond donors (Lipinski definition) is 1. The number of nitrogens with one attached hydrogen (secondary N) is 1. The highest BCUT2D eigenvalue weighted by atomic mass is 35.5. The average molecular weight is 272 g/mol. The lowest BCUT2D eigenvalue weighted by molar-refractivity contribution is 0.228. The Bertz CT molecular complexity index is 397. The molecule has 2 rings (SSSR count). The molecule has 0 atom stereocenters. The maximum absolute atomic E-state index is 6.11. The van der Waals surface area contributed by atoms with E-state index in [0.29, 0.717) is 16.1 Å². The van der Waals surface area contributed by atoms with Gasteiger partial charge >= 0.3 is 0 Å². The van der Waals surface area contributed by atoms with Crippen molar-refractivity contribution >= 4 is 23.2 Å². The Labute approximate surface area is 114 Å². The molecule has 94 valence electrons. The second-order valence-corrected chi connectivity index (χ2v) is 6.11. The van der Waals surface area contributed by atoms with Gasteiger partial charge in [-0.05, 0) is 30.5 Å². The van der Waals surface area contributed by atoms with Gasteiger partial charge in [-0.15, -0.1) is 0 Å². The number of benzene rings is 1. The van der Waals surface area contributed by atoms with Crippen LogP contribution in [0.2, 0.25) is 10.0 Å². The van der Waals surface area contributed by atoms with Gasteiger partial charge in [0.15, 0.2) is 0 Å². The summed E-state index contributed by atoms with van der Waals surface area (Å²) < 4.78 is 0. The van der Waals surface area contributed by atoms with Crippen LogP contribution in [0.1, 0.15) is 38.7 Å². The fraction of sp³-hybridized carbons (Fsp3) is 0.571. The molecule has 0 heterocycles. The van der Waals surface area contributed by atoms with Gasteiger partial charge in [0.05, 0.1) is 10.0 Å². The lowest BCUT2D eigenvalue weighted by Gasteiger charge is -2.43. The van der Waals surface area contributed by atoms with Crippen molar-refractivity contribution in [3.63, 3.8) is 0 Å². The Balaban J connectivity index is 2.19. The number of halogens is 2. The Morgan fingerprint density at radius 1 is 1.24 bits per heavy atom. The van der Waals surface area contributed by atoms with Crippen LogP contribution >= 0.6 is 23.2 Å². The van der Waals surface area contributed by atoms with Gasteiger partial charge in [-0.3, -0.25) is 0 Å². The molecule has 3 heteroatoms. The zero-order chi connectivity index (χ0) is 12.5. The molecule has 1 aromatic carbocycles. The minimum atomic E-state index is 0.276. The minimum Gasteiger partial charge on any atom is -0.314 e. The third kappa shape index (κ3) is 2.78. The summed E-state index contributed by atoms with van der Waals surface area (Å²) in [5.74, 6) is 0. The summed E-state index contributed by atoms with van der Waals surface area (Å²) in [6, 6.07) is 6.59. The maximum atomic E-state index is 6.11. The van der Waals surface area contributed by atoms with E-state index in [1.807, 2.05) is 12.1 Å². The summed E-state index contributed by atoms with van der Waals surface area (Å²) >= 11 is 12.1. The molecule has 17 heavy (non-hydrogen) atoms. The lowest BCUT2D eigenvalue weighted by atomic mass is 9.64. The fourth-order valence-corrected chi connectivity index (χ4v) is 2.69. The van der Waals surface area contributed by atoms with E-state index >= 15 is 0 Å². The van der Waals surface area contributed by atoms with Crippen molar-refractivity contribution in [3.05, 3.63) is 33.8 Å². The predicted octanol–water partition coefficient (Wildman–Crippen LogP) is 4.41. The van der Waals surface area contributed by atoms with Crippen molar-refractivity contribution in [1.29, 1.82) is 0 Å². The van der Waals surface area contributed by atoms with E-state index in [2.05, 4.69) is 25.2 Å². The fourth-order valence-electron chi connectivity index (χ4n) is 2.40. The molecule has 1 aliphatic carbocycles. The van der Waals surface area contributed by atoms with Gasteiger partial charge in [0.1, 0.15) is 0 Å². The molecule has 1 aliphatic rings. The Morgan fingerprint density at radius 2 is 1.94 bits per heavy atom. The van der Waals surface area contributed by atoms with Gasteiger partial charge in [-0.25, -0.2) is 0 Å². The monoisotopic (exact) mass is 271 g/mol. The van der Waals surface area contributed by atoms with E-state index in [0.717, 1.165) is 6.54 Å². The summed E-state index contributed by atoms with van der Waals surface area (Å²) in [6.45, 7) is 5.39. The quantitative estimate of drug-likeness (QED) is 0.855. The van der Waals surface area contributed by atoms with Crippen molar-refractivity contribution in [2.75, 3.05) is 6.54 Å². The summed E-state index contributed by atoms with van der Waals surface area (Å²) in [5, 5.41) is 4.85. The van der Waals surface area contributed by atoms with Crippen molar-refractivity contribution in [2.24, 2.45) is 0 Å². The zero-order valence-electron chi connectivity index (χ0n) is 10.4. The summed E-state index contributed by atoms with van der Waals surface area (Å²) in [6.07, 6.45) is 3.79. The van der Waals surface area contributed by atoms with Crippen LogP contribution in [0.3, 0.4) is 0 Å². The smallest absolute Gasteiger partial charge is 0.0595 e. The van der Waals surface area contributed by atoms with Crippen LogP contribution in [0.4, 0.5) is 0 Å². The molecule has 1 fully saturated rings. The first kappa shape index (κ1) is 13.2. The molecule has 0 amide bonds. The number of rotatable bonds is 4. The van der Waals surface area contributed by atoms with Crippen LogP contribution in [-0.4, -0.2) is 12.6 Å². The highest BCUT2D eigenvalue weighted by molar-refractivity contribution is 6.42. The molecule has 0 unspecified atom stereocenters. The van der Waals surface area contributed by atoms with Crippen molar-refractivity contribution in [3.8, 4) is 0 Å². The highest BCUT2D eigenvalue weighted by Crippen LogP contribution is 2.44. The van der Waals surface area contributed by atoms with Crippen LogP contribution in [0, 0.1) is 0 Å². The summed E-state index contributed by atoms with van der Waals surface area (Å²) in [7, 11) is 0. The molecule has 0 aromatic heterocycles. The first-order valence-electron chi connectivity index (χ1n) is 6.22. The van der Waals surface area contributed by atoms with Crippen LogP contribution in [0.5, 0.6) is 0 Å². The van der Waals surface area contributed by atoms with E-state index in [9.17, 15) is 0 Å². The molecule has 1 nitrogen and oxygen atoms in total. The largest absolute Gasteiger partial charge is 0.314 e. The predicted molar refractivity (Wildman–Crippen MR) is 75.1 cm³/mol. The first-order valence-corrected chi connectivity index (χ1v) is 6.98. The molecule has 0 aliphatic heterocycles. The van der Waals surface area contributed by atoms with E-state index in [1.54, 1.807) is 0 Å². The van der Waals surface area contributed by atoms with Crippen molar-refractivity contribution in [1.82, 2.24) is 5.32 Å². The molecular formula is C14H19Cl2N. The second-order valence-electron chi connectivity index (χ2n) is 5.30. The molecular weight excluding hydrogens is 253 g/mol. The topological polar surface area (TPSA) is 12.0 Å². The van der Waals surface area contributed by atoms with Gasteiger partial charge in [0.25, 0.3) is 0 Å². The third-order valence-corrected chi connectivity index (χ3v) is 4.43. The maximum Gasteiger partial charge on any atom is 0.0595 e. The summed E-state index contributed by atoms with van der Waals surface area (Å²) in [5.41, 5.74) is 1.60. The Morgan fingerprint density at radius 3 is 2.41 bits per heavy atom. The van der Waals surface area contributed by atoms with Crippen molar-refractivity contribution in [2.45, 2.75) is 44.6 Å². The van der Waals surface area contributed by atoms with Gasteiger partial charge < -0.3 is 5.32 Å². The van der Waals surface area contributed by atoms with Gasteiger partial charge in [0, 0.05) is 18.0 Å². The summed E-state index contributed by atoms with van der Waals surface area (Å²) in [4.78, 5) is 0. The van der Waals surface area contributed by atoms with Gasteiger partial charge in [0.2, 0.25) is 0 Å². The minimum absolute atomic E-state index is 0.276. The molecule has 1 saturated carbocycles. The van der Waals surface area contributed by atoms with E-state index in [4.69, 9.17) is 23.2 Å². The average Bonchev–Trinajstić information content (AvgIpc) is 2.21. The second kappa shape index (κ2) is 5.17. The van der Waals surface area contributed by atoms with Crippen LogP contribution in [0.25, 0.3) is 0 Å². The molecule has 1 N–H and O–H groups in total. The first-order chi connectivity index (χ1) is 8.03. The number of hydrogen-bond acceptors (Lipinski definition) is 1. The molecule has 1 aromatic rings. The molecule has 0 spiro atoms. The SMILES string of the molecule is CC(C)NCC1(c2ccc(Cl)c(Cl)c2)CCC1. The normalized spacial score (nSPS) is 18.2. The van der Waals surface area contributed by atoms with Crippen molar-refractivity contribution < 1.29 is 0 Å². The molecule has 0 saturated heterocycles. The van der Waals surface area contributed by atoms with E-state index < -0.39 is 0 Å². The molecule has 0 radical (unpaired) electrons. The standard InChI is InChI=1S/C14H19Cl2N/c1-10(2)17-9-14(6-3-7-14)11-4-5-12(15)13(16)8-11/h4-5,8,10,17H,3,6-7,9H2,1-2H3. The van der Waals surface area contributed by atoms with Gasteiger partial charge in [-0.1, -0.05) is 49.5 Å². The molecule has 0 bridgehead atoms. The Kier molecular flexibility index (Phi) is 4.02. The lowest BCUT2D eigenvalue weighted by Crippen LogP contribution is -2.45. The Hall–Kier alpha value is -0.240. The van der Waals surface area contributed by atoms with E-state index in [1.165, 1.54) is 24.8 Å². The third-order valence-electron chi connectivity index (χ3n) is 3.69. The highest BCUT2D eigenvalue weighted by Gasteiger charge is 2.38. The van der Waals surface area contributed by atoms with Crippen LogP contribution in [0.15, 0.2) is 18.2 Å².